The second-order valence-electron chi connectivity index (χ2n) is 6.42. The summed E-state index contributed by atoms with van der Waals surface area (Å²) in [7, 11) is 0. The number of nitrogens with zero attached hydrogens (tertiary/aromatic N) is 2. The van der Waals surface area contributed by atoms with Gasteiger partial charge in [-0.2, -0.15) is 0 Å². The van der Waals surface area contributed by atoms with Crippen molar-refractivity contribution >= 4 is 17.7 Å². The summed E-state index contributed by atoms with van der Waals surface area (Å²) in [6.45, 7) is 12.3. The zero-order valence-corrected chi connectivity index (χ0v) is 16.5. The van der Waals surface area contributed by atoms with Crippen molar-refractivity contribution < 1.29 is 19.4 Å². The van der Waals surface area contributed by atoms with Gasteiger partial charge in [-0.1, -0.05) is 6.92 Å². The fraction of sp³-hybridized carbons (Fsp3) is 0.722. The van der Waals surface area contributed by atoms with Gasteiger partial charge in [-0.05, 0) is 38.2 Å². The second kappa shape index (κ2) is 9.50. The first-order chi connectivity index (χ1) is 12.0. The normalized spacial score (nSPS) is 21.8. The van der Waals surface area contributed by atoms with Crippen LogP contribution < -0.4 is 0 Å². The third-order valence-electron chi connectivity index (χ3n) is 4.27. The molecule has 0 aliphatic carbocycles. The minimum atomic E-state index is -0.837. The number of carbonyl (C=O) groups is 1. The Kier molecular flexibility index (Phi) is 7.65. The van der Waals surface area contributed by atoms with E-state index in [4.69, 9.17) is 9.47 Å². The maximum Gasteiger partial charge on any atom is 0.334 e. The lowest BCUT2D eigenvalue weighted by atomic mass is 10.0. The standard InChI is InChI=1S/C18H30N2O4S/c1-5-25-17-16(18(21)22)14(4)12-15(19-6-9-23-10-7-19)20(17)8-11-24-13(2)3/h12-13,17H,5-11H2,1-4H3,(H,21,22). The molecule has 0 bridgehead atoms. The molecule has 2 aliphatic heterocycles. The van der Waals surface area contributed by atoms with Gasteiger partial charge in [0.05, 0.1) is 31.5 Å². The Morgan fingerprint density at radius 1 is 1.44 bits per heavy atom. The smallest absolute Gasteiger partial charge is 0.334 e. The van der Waals surface area contributed by atoms with E-state index in [0.29, 0.717) is 31.9 Å². The van der Waals surface area contributed by atoms with Crippen molar-refractivity contribution in [1.82, 2.24) is 9.80 Å². The topological polar surface area (TPSA) is 62.2 Å². The highest BCUT2D eigenvalue weighted by Crippen LogP contribution is 2.35. The summed E-state index contributed by atoms with van der Waals surface area (Å²) in [5, 5.41) is 9.55. The molecule has 1 saturated heterocycles. The Labute approximate surface area is 154 Å². The minimum absolute atomic E-state index is 0.161. The number of carboxylic acid groups (broad SMARTS) is 1. The van der Waals surface area contributed by atoms with Gasteiger partial charge < -0.3 is 24.4 Å². The number of thioether (sulfide) groups is 1. The first-order valence-electron chi connectivity index (χ1n) is 8.94. The van der Waals surface area contributed by atoms with Crippen LogP contribution in [0.5, 0.6) is 0 Å². The average Bonchev–Trinajstić information content (AvgIpc) is 2.56. The van der Waals surface area contributed by atoms with E-state index >= 15 is 0 Å². The molecule has 142 valence electrons. The predicted molar refractivity (Wildman–Crippen MR) is 101 cm³/mol. The SMILES string of the molecule is CCSC1C(C(=O)O)=C(C)C=C(N2CCOCC2)N1CCOC(C)C. The van der Waals surface area contributed by atoms with Crippen LogP contribution >= 0.6 is 11.8 Å². The van der Waals surface area contributed by atoms with Crippen LogP contribution in [0.15, 0.2) is 23.0 Å². The van der Waals surface area contributed by atoms with E-state index in [-0.39, 0.29) is 11.5 Å². The molecule has 0 radical (unpaired) electrons. The van der Waals surface area contributed by atoms with E-state index < -0.39 is 5.97 Å². The van der Waals surface area contributed by atoms with E-state index in [0.717, 1.165) is 30.2 Å². The largest absolute Gasteiger partial charge is 0.478 e. The van der Waals surface area contributed by atoms with Crippen LogP contribution in [0.4, 0.5) is 0 Å². The van der Waals surface area contributed by atoms with E-state index in [1.807, 2.05) is 26.8 Å². The third-order valence-corrected chi connectivity index (χ3v) is 5.41. The number of hydrogen-bond acceptors (Lipinski definition) is 6. The lowest BCUT2D eigenvalue weighted by Crippen LogP contribution is -2.49. The molecule has 1 fully saturated rings. The van der Waals surface area contributed by atoms with Crippen molar-refractivity contribution in [3.05, 3.63) is 23.0 Å². The summed E-state index contributed by atoms with van der Waals surface area (Å²) in [6.07, 6.45) is 2.17. The fourth-order valence-corrected chi connectivity index (χ4v) is 4.28. The minimum Gasteiger partial charge on any atom is -0.478 e. The van der Waals surface area contributed by atoms with E-state index in [1.54, 1.807) is 11.8 Å². The molecule has 1 unspecified atom stereocenters. The van der Waals surface area contributed by atoms with Gasteiger partial charge in [-0.25, -0.2) is 4.79 Å². The average molecular weight is 371 g/mol. The number of ether oxygens (including phenoxy) is 2. The molecule has 0 spiro atoms. The molecule has 2 rings (SSSR count). The van der Waals surface area contributed by atoms with Crippen LogP contribution in [0.3, 0.4) is 0 Å². The van der Waals surface area contributed by atoms with Gasteiger partial charge in [0.25, 0.3) is 0 Å². The molecule has 1 N–H and O–H groups in total. The quantitative estimate of drug-likeness (QED) is 0.704. The van der Waals surface area contributed by atoms with Crippen molar-refractivity contribution in [1.29, 1.82) is 0 Å². The van der Waals surface area contributed by atoms with Crippen LogP contribution in [0, 0.1) is 0 Å². The van der Waals surface area contributed by atoms with E-state index in [1.165, 1.54) is 0 Å². The van der Waals surface area contributed by atoms with Crippen LogP contribution in [-0.4, -0.2) is 77.6 Å². The van der Waals surface area contributed by atoms with Crippen LogP contribution in [0.2, 0.25) is 0 Å². The molecule has 0 aromatic heterocycles. The molecular weight excluding hydrogens is 340 g/mol. The summed E-state index contributed by atoms with van der Waals surface area (Å²) in [4.78, 5) is 16.4. The van der Waals surface area contributed by atoms with Crippen molar-refractivity contribution in [3.8, 4) is 0 Å². The Bertz CT molecular complexity index is 527. The lowest BCUT2D eigenvalue weighted by molar-refractivity contribution is -0.133. The third kappa shape index (κ3) is 5.15. The van der Waals surface area contributed by atoms with Gasteiger partial charge in [-0.15, -0.1) is 11.8 Å². The summed E-state index contributed by atoms with van der Waals surface area (Å²) in [6, 6.07) is 0. The van der Waals surface area contributed by atoms with Crippen molar-refractivity contribution in [2.75, 3.05) is 45.2 Å². The fourth-order valence-electron chi connectivity index (χ4n) is 3.11. The van der Waals surface area contributed by atoms with Crippen molar-refractivity contribution in [3.63, 3.8) is 0 Å². The molecule has 0 aromatic rings. The highest BCUT2D eigenvalue weighted by atomic mass is 32.2. The van der Waals surface area contributed by atoms with E-state index in [2.05, 4.69) is 16.7 Å². The zero-order chi connectivity index (χ0) is 18.4. The van der Waals surface area contributed by atoms with Crippen molar-refractivity contribution in [2.24, 2.45) is 0 Å². The molecule has 1 atom stereocenters. The Balaban J connectivity index is 2.32. The molecule has 0 aromatic carbocycles. The Hall–Kier alpha value is -1.18. The Morgan fingerprint density at radius 3 is 2.68 bits per heavy atom. The molecule has 6 nitrogen and oxygen atoms in total. The van der Waals surface area contributed by atoms with Gasteiger partial charge in [-0.3, -0.25) is 0 Å². The van der Waals surface area contributed by atoms with Gasteiger partial charge in [0.15, 0.2) is 0 Å². The maximum atomic E-state index is 11.9. The first-order valence-corrected chi connectivity index (χ1v) is 9.98. The van der Waals surface area contributed by atoms with Gasteiger partial charge >= 0.3 is 5.97 Å². The number of hydrogen-bond donors (Lipinski definition) is 1. The van der Waals surface area contributed by atoms with Crippen LogP contribution in [-0.2, 0) is 14.3 Å². The molecule has 2 aliphatic rings. The van der Waals surface area contributed by atoms with Gasteiger partial charge in [0.1, 0.15) is 11.2 Å². The number of allylic oxidation sites excluding steroid dienone is 2. The number of carboxylic acids is 1. The van der Waals surface area contributed by atoms with Gasteiger partial charge in [0, 0.05) is 19.6 Å². The van der Waals surface area contributed by atoms with E-state index in [9.17, 15) is 9.90 Å². The molecule has 2 heterocycles. The van der Waals surface area contributed by atoms with Crippen LogP contribution in [0.25, 0.3) is 0 Å². The maximum absolute atomic E-state index is 11.9. The monoisotopic (exact) mass is 370 g/mol. The number of morpholine rings is 1. The molecule has 7 heteroatoms. The lowest BCUT2D eigenvalue weighted by Gasteiger charge is -2.44. The summed E-state index contributed by atoms with van der Waals surface area (Å²) in [5.74, 6) is 1.10. The highest BCUT2D eigenvalue weighted by Gasteiger charge is 2.35. The van der Waals surface area contributed by atoms with Crippen LogP contribution in [0.1, 0.15) is 27.7 Å². The predicted octanol–water partition coefficient (Wildman–Crippen LogP) is 2.38. The number of aliphatic carboxylic acids is 1. The summed E-state index contributed by atoms with van der Waals surface area (Å²) < 4.78 is 11.2. The van der Waals surface area contributed by atoms with Gasteiger partial charge in [0.2, 0.25) is 0 Å². The summed E-state index contributed by atoms with van der Waals surface area (Å²) >= 11 is 1.66. The van der Waals surface area contributed by atoms with Crippen molar-refractivity contribution in [2.45, 2.75) is 39.2 Å². The zero-order valence-electron chi connectivity index (χ0n) is 15.7. The molecule has 0 saturated carbocycles. The highest BCUT2D eigenvalue weighted by molar-refractivity contribution is 8.00. The first kappa shape index (κ1) is 20.1. The Morgan fingerprint density at radius 2 is 2.12 bits per heavy atom. The molecular formula is C18H30N2O4S. The number of rotatable bonds is 8. The molecule has 0 amide bonds. The molecule has 25 heavy (non-hydrogen) atoms. The second-order valence-corrected chi connectivity index (χ2v) is 7.78. The summed E-state index contributed by atoms with van der Waals surface area (Å²) in [5.41, 5.74) is 1.31.